The van der Waals surface area contributed by atoms with Gasteiger partial charge in [-0.3, -0.25) is 0 Å². The van der Waals surface area contributed by atoms with E-state index in [0.717, 1.165) is 17.1 Å². The Morgan fingerprint density at radius 1 is 0.926 bits per heavy atom. The largest absolute Gasteiger partial charge is 0.497 e. The maximum absolute atomic E-state index is 5.44. The maximum atomic E-state index is 5.44. The molecule has 0 aliphatic heterocycles. The second-order valence-electron chi connectivity index (χ2n) is 6.19. The minimum absolute atomic E-state index is 0.0939. The average molecular weight is 364 g/mol. The summed E-state index contributed by atoms with van der Waals surface area (Å²) in [6.45, 7) is 4.02. The summed E-state index contributed by atoms with van der Waals surface area (Å²) in [5.74, 6) is 2.67. The van der Waals surface area contributed by atoms with Gasteiger partial charge in [-0.05, 0) is 31.5 Å². The van der Waals surface area contributed by atoms with Gasteiger partial charge in [-0.2, -0.15) is 4.98 Å². The van der Waals surface area contributed by atoms with Crippen LogP contribution in [0, 0.1) is 6.92 Å². The lowest BCUT2D eigenvalue weighted by Gasteiger charge is -2.16. The number of aryl methyl sites for hydroxylation is 1. The molecule has 140 valence electrons. The van der Waals surface area contributed by atoms with Crippen LogP contribution in [0.5, 0.6) is 11.5 Å². The Bertz CT molecular complexity index is 900. The monoisotopic (exact) mass is 364 g/mol. The van der Waals surface area contributed by atoms with Gasteiger partial charge in [-0.25, -0.2) is 4.98 Å². The fraction of sp³-hybridized carbons (Fsp3) is 0.238. The van der Waals surface area contributed by atoms with E-state index in [-0.39, 0.29) is 6.04 Å². The summed E-state index contributed by atoms with van der Waals surface area (Å²) >= 11 is 0. The first-order chi connectivity index (χ1) is 13.1. The van der Waals surface area contributed by atoms with E-state index in [1.54, 1.807) is 14.2 Å². The molecule has 3 rings (SSSR count). The fourth-order valence-electron chi connectivity index (χ4n) is 2.76. The topological polar surface area (TPSA) is 68.3 Å². The number of anilines is 3. The second-order valence-corrected chi connectivity index (χ2v) is 6.19. The van der Waals surface area contributed by atoms with E-state index in [2.05, 4.69) is 39.7 Å². The molecule has 0 saturated carbocycles. The number of methoxy groups -OCH3 is 2. The molecule has 0 saturated heterocycles. The van der Waals surface area contributed by atoms with Crippen LogP contribution in [0.4, 0.5) is 17.5 Å². The van der Waals surface area contributed by atoms with E-state index in [4.69, 9.17) is 9.47 Å². The first kappa shape index (κ1) is 18.5. The number of aromatic nitrogens is 2. The molecule has 0 aliphatic rings. The van der Waals surface area contributed by atoms with Crippen LogP contribution in [0.15, 0.2) is 54.6 Å². The molecule has 0 radical (unpaired) electrons. The first-order valence-electron chi connectivity index (χ1n) is 8.75. The summed E-state index contributed by atoms with van der Waals surface area (Å²) in [5.41, 5.74) is 2.84. The van der Waals surface area contributed by atoms with Gasteiger partial charge in [0.05, 0.1) is 25.9 Å². The Balaban J connectivity index is 1.81. The lowest BCUT2D eigenvalue weighted by atomic mass is 10.1. The lowest BCUT2D eigenvalue weighted by Crippen LogP contribution is -2.11. The third kappa shape index (κ3) is 4.67. The molecule has 3 aromatic rings. The van der Waals surface area contributed by atoms with Crippen LogP contribution in [0.3, 0.4) is 0 Å². The molecule has 2 N–H and O–H groups in total. The van der Waals surface area contributed by atoms with Crippen molar-refractivity contribution in [3.63, 3.8) is 0 Å². The predicted octanol–water partition coefficient (Wildman–Crippen LogP) is 4.72. The Hall–Kier alpha value is -3.28. The van der Waals surface area contributed by atoms with Gasteiger partial charge in [0.15, 0.2) is 0 Å². The quantitative estimate of drug-likeness (QED) is 0.632. The van der Waals surface area contributed by atoms with Crippen LogP contribution in [0.1, 0.15) is 24.2 Å². The smallest absolute Gasteiger partial charge is 0.225 e. The van der Waals surface area contributed by atoms with E-state index >= 15 is 0 Å². The molecule has 1 atom stereocenters. The summed E-state index contributed by atoms with van der Waals surface area (Å²) in [7, 11) is 3.25. The molecule has 2 aromatic carbocycles. The number of ether oxygens (including phenoxy) is 2. The summed E-state index contributed by atoms with van der Waals surface area (Å²) < 4.78 is 10.7. The normalized spacial score (nSPS) is 11.6. The van der Waals surface area contributed by atoms with E-state index in [1.165, 1.54) is 5.56 Å². The second kappa shape index (κ2) is 8.40. The molecule has 1 aromatic heterocycles. The highest BCUT2D eigenvalue weighted by Gasteiger charge is 2.10. The van der Waals surface area contributed by atoms with Gasteiger partial charge < -0.3 is 20.1 Å². The van der Waals surface area contributed by atoms with Gasteiger partial charge in [0.2, 0.25) is 5.95 Å². The zero-order chi connectivity index (χ0) is 19.2. The van der Waals surface area contributed by atoms with Crippen molar-refractivity contribution in [2.45, 2.75) is 19.9 Å². The highest BCUT2D eigenvalue weighted by Crippen LogP contribution is 2.31. The highest BCUT2D eigenvalue weighted by molar-refractivity contribution is 5.66. The van der Waals surface area contributed by atoms with Crippen molar-refractivity contribution in [1.82, 2.24) is 9.97 Å². The summed E-state index contributed by atoms with van der Waals surface area (Å²) in [5, 5.41) is 6.66. The standard InChI is InChI=1S/C21H24N4O2/c1-14-12-20(24-18-11-10-17(26-3)13-19(18)27-4)25-21(22-14)23-15(2)16-8-6-5-7-9-16/h5-13,15H,1-4H3,(H2,22,23,24,25). The van der Waals surface area contributed by atoms with E-state index in [0.29, 0.717) is 17.5 Å². The number of hydrogen-bond donors (Lipinski definition) is 2. The molecule has 0 fully saturated rings. The van der Waals surface area contributed by atoms with Gasteiger partial charge >= 0.3 is 0 Å². The van der Waals surface area contributed by atoms with E-state index < -0.39 is 0 Å². The van der Waals surface area contributed by atoms with Crippen molar-refractivity contribution < 1.29 is 9.47 Å². The summed E-state index contributed by atoms with van der Waals surface area (Å²) in [4.78, 5) is 9.09. The first-order valence-corrected chi connectivity index (χ1v) is 8.75. The minimum atomic E-state index is 0.0939. The molecular formula is C21H24N4O2. The van der Waals surface area contributed by atoms with E-state index in [1.807, 2.05) is 49.4 Å². The highest BCUT2D eigenvalue weighted by atomic mass is 16.5. The zero-order valence-corrected chi connectivity index (χ0v) is 16.0. The van der Waals surface area contributed by atoms with Crippen LogP contribution in [-0.4, -0.2) is 24.2 Å². The average Bonchev–Trinajstić information content (AvgIpc) is 2.68. The van der Waals surface area contributed by atoms with Crippen LogP contribution in [-0.2, 0) is 0 Å². The number of nitrogens with one attached hydrogen (secondary N) is 2. The molecular weight excluding hydrogens is 340 g/mol. The molecule has 27 heavy (non-hydrogen) atoms. The Labute approximate surface area is 159 Å². The number of hydrogen-bond acceptors (Lipinski definition) is 6. The van der Waals surface area contributed by atoms with Crippen molar-refractivity contribution in [2.24, 2.45) is 0 Å². The van der Waals surface area contributed by atoms with Crippen LogP contribution < -0.4 is 20.1 Å². The SMILES string of the molecule is COc1ccc(Nc2cc(C)nc(NC(C)c3ccccc3)n2)c(OC)c1. The van der Waals surface area contributed by atoms with Crippen molar-refractivity contribution in [3.05, 3.63) is 65.9 Å². The summed E-state index contributed by atoms with van der Waals surface area (Å²) in [6.07, 6.45) is 0. The molecule has 6 nitrogen and oxygen atoms in total. The van der Waals surface area contributed by atoms with Gasteiger partial charge in [0, 0.05) is 17.8 Å². The van der Waals surface area contributed by atoms with Gasteiger partial charge in [0.25, 0.3) is 0 Å². The summed E-state index contributed by atoms with van der Waals surface area (Å²) in [6, 6.07) is 17.8. The Morgan fingerprint density at radius 2 is 1.70 bits per heavy atom. The zero-order valence-electron chi connectivity index (χ0n) is 16.0. The van der Waals surface area contributed by atoms with Gasteiger partial charge in [0.1, 0.15) is 17.3 Å². The van der Waals surface area contributed by atoms with Crippen LogP contribution in [0.2, 0.25) is 0 Å². The third-order valence-corrected chi connectivity index (χ3v) is 4.17. The molecule has 0 spiro atoms. The molecule has 0 amide bonds. The molecule has 6 heteroatoms. The Morgan fingerprint density at radius 3 is 2.41 bits per heavy atom. The third-order valence-electron chi connectivity index (χ3n) is 4.17. The van der Waals surface area contributed by atoms with Crippen LogP contribution >= 0.6 is 0 Å². The molecule has 1 heterocycles. The Kier molecular flexibility index (Phi) is 5.76. The van der Waals surface area contributed by atoms with Crippen molar-refractivity contribution in [1.29, 1.82) is 0 Å². The van der Waals surface area contributed by atoms with E-state index in [9.17, 15) is 0 Å². The predicted molar refractivity (Wildman–Crippen MR) is 108 cm³/mol. The fourth-order valence-corrected chi connectivity index (χ4v) is 2.76. The molecule has 1 unspecified atom stereocenters. The van der Waals surface area contributed by atoms with Gasteiger partial charge in [-0.1, -0.05) is 30.3 Å². The number of benzene rings is 2. The van der Waals surface area contributed by atoms with Crippen molar-refractivity contribution >= 4 is 17.5 Å². The van der Waals surface area contributed by atoms with Crippen molar-refractivity contribution in [3.8, 4) is 11.5 Å². The number of rotatable bonds is 7. The molecule has 0 bridgehead atoms. The van der Waals surface area contributed by atoms with Crippen LogP contribution in [0.25, 0.3) is 0 Å². The minimum Gasteiger partial charge on any atom is -0.497 e. The number of nitrogens with zero attached hydrogens (tertiary/aromatic N) is 2. The lowest BCUT2D eigenvalue weighted by molar-refractivity contribution is 0.395. The molecule has 0 aliphatic carbocycles. The maximum Gasteiger partial charge on any atom is 0.225 e. The van der Waals surface area contributed by atoms with Gasteiger partial charge in [-0.15, -0.1) is 0 Å². The van der Waals surface area contributed by atoms with Crippen molar-refractivity contribution in [2.75, 3.05) is 24.9 Å².